The number of hydrogen-bond acceptors (Lipinski definition) is 4. The zero-order valence-corrected chi connectivity index (χ0v) is 9.79. The molecule has 2 rings (SSSR count). The number of anilines is 2. The molecule has 17 heavy (non-hydrogen) atoms. The van der Waals surface area contributed by atoms with Crippen LogP contribution in [0.15, 0.2) is 28.9 Å². The highest BCUT2D eigenvalue weighted by Gasteiger charge is 2.10. The molecule has 0 aliphatic heterocycles. The molecule has 0 amide bonds. The summed E-state index contributed by atoms with van der Waals surface area (Å²) in [5.74, 6) is -1.16. The minimum Gasteiger partial charge on any atom is -0.476 e. The monoisotopic (exact) mass is 272 g/mol. The number of oxazole rings is 1. The Labute approximate surface area is 106 Å². The Bertz CT molecular complexity index is 548. The quantitative estimate of drug-likeness (QED) is 0.896. The molecule has 0 radical (unpaired) electrons. The Balaban J connectivity index is 2.22. The van der Waals surface area contributed by atoms with Gasteiger partial charge in [-0.05, 0) is 18.2 Å². The van der Waals surface area contributed by atoms with Crippen LogP contribution in [0.4, 0.5) is 11.7 Å². The lowest BCUT2D eigenvalue weighted by molar-refractivity contribution is 0.0690. The maximum Gasteiger partial charge on any atom is 0.357 e. The van der Waals surface area contributed by atoms with E-state index >= 15 is 0 Å². The lowest BCUT2D eigenvalue weighted by Gasteiger charge is -2.02. The molecular formula is C10H6Cl2N2O3. The van der Waals surface area contributed by atoms with Gasteiger partial charge in [-0.1, -0.05) is 23.2 Å². The van der Waals surface area contributed by atoms with Crippen LogP contribution in [0.2, 0.25) is 10.0 Å². The van der Waals surface area contributed by atoms with Crippen LogP contribution in [0.1, 0.15) is 10.5 Å². The number of carboxylic acids is 1. The van der Waals surface area contributed by atoms with Gasteiger partial charge in [-0.2, -0.15) is 4.98 Å². The summed E-state index contributed by atoms with van der Waals surface area (Å²) >= 11 is 11.6. The minimum atomic E-state index is -1.16. The average molecular weight is 273 g/mol. The van der Waals surface area contributed by atoms with E-state index in [4.69, 9.17) is 32.7 Å². The van der Waals surface area contributed by atoms with Crippen LogP contribution < -0.4 is 5.32 Å². The van der Waals surface area contributed by atoms with E-state index in [1.54, 1.807) is 18.2 Å². The van der Waals surface area contributed by atoms with Crippen molar-refractivity contribution in [1.82, 2.24) is 4.98 Å². The summed E-state index contributed by atoms with van der Waals surface area (Å²) in [4.78, 5) is 14.3. The van der Waals surface area contributed by atoms with Crippen molar-refractivity contribution < 1.29 is 14.3 Å². The summed E-state index contributed by atoms with van der Waals surface area (Å²) in [6.07, 6.45) is 1.04. The van der Waals surface area contributed by atoms with Gasteiger partial charge in [0, 0.05) is 15.7 Å². The molecule has 0 saturated carbocycles. The largest absolute Gasteiger partial charge is 0.476 e. The minimum absolute atomic E-state index is 0.0562. The smallest absolute Gasteiger partial charge is 0.357 e. The van der Waals surface area contributed by atoms with E-state index in [1.807, 2.05) is 0 Å². The second-order valence-electron chi connectivity index (χ2n) is 3.13. The fourth-order valence-corrected chi connectivity index (χ4v) is 1.70. The number of rotatable bonds is 3. The first-order valence-corrected chi connectivity index (χ1v) is 5.22. The molecule has 0 fully saturated rings. The van der Waals surface area contributed by atoms with Crippen LogP contribution in [0.25, 0.3) is 0 Å². The third kappa shape index (κ3) is 2.89. The van der Waals surface area contributed by atoms with Crippen LogP contribution in [0.5, 0.6) is 0 Å². The molecule has 5 nitrogen and oxygen atoms in total. The summed E-state index contributed by atoms with van der Waals surface area (Å²) in [7, 11) is 0. The average Bonchev–Trinajstić information content (AvgIpc) is 2.64. The highest BCUT2D eigenvalue weighted by molar-refractivity contribution is 6.35. The molecule has 2 N–H and O–H groups in total. The third-order valence-corrected chi connectivity index (χ3v) is 2.27. The Kier molecular flexibility index (Phi) is 3.21. The van der Waals surface area contributed by atoms with Crippen LogP contribution in [-0.4, -0.2) is 16.1 Å². The SMILES string of the molecule is O=C(O)c1coc(Nc2cc(Cl)cc(Cl)c2)n1. The molecule has 0 aliphatic carbocycles. The first-order valence-electron chi connectivity index (χ1n) is 4.46. The Morgan fingerprint density at radius 2 is 1.94 bits per heavy atom. The van der Waals surface area contributed by atoms with Gasteiger partial charge in [-0.25, -0.2) is 4.79 Å². The fourth-order valence-electron chi connectivity index (χ4n) is 1.18. The number of carboxylic acid groups (broad SMARTS) is 1. The van der Waals surface area contributed by atoms with Crippen molar-refractivity contribution in [2.24, 2.45) is 0 Å². The third-order valence-electron chi connectivity index (χ3n) is 1.84. The number of halogens is 2. The number of benzene rings is 1. The highest BCUT2D eigenvalue weighted by Crippen LogP contribution is 2.24. The summed E-state index contributed by atoms with van der Waals surface area (Å²) in [6.45, 7) is 0. The topological polar surface area (TPSA) is 75.4 Å². The van der Waals surface area contributed by atoms with Crippen molar-refractivity contribution >= 4 is 40.9 Å². The zero-order valence-electron chi connectivity index (χ0n) is 8.28. The summed E-state index contributed by atoms with van der Waals surface area (Å²) in [5.41, 5.74) is 0.377. The van der Waals surface area contributed by atoms with E-state index in [1.165, 1.54) is 0 Å². The molecule has 1 aromatic heterocycles. The van der Waals surface area contributed by atoms with Crippen LogP contribution in [0.3, 0.4) is 0 Å². The van der Waals surface area contributed by atoms with E-state index in [0.29, 0.717) is 15.7 Å². The van der Waals surface area contributed by atoms with Gasteiger partial charge >= 0.3 is 5.97 Å². The van der Waals surface area contributed by atoms with Crippen molar-refractivity contribution in [2.75, 3.05) is 5.32 Å². The second kappa shape index (κ2) is 4.65. The standard InChI is InChI=1S/C10H6Cl2N2O3/c11-5-1-6(12)3-7(2-5)13-10-14-8(4-17-10)9(15)16/h1-4H,(H,13,14)(H,15,16). The summed E-state index contributed by atoms with van der Waals surface area (Å²) in [5, 5.41) is 12.3. The lowest BCUT2D eigenvalue weighted by Crippen LogP contribution is -1.97. The first-order chi connectivity index (χ1) is 8.04. The molecule has 0 unspecified atom stereocenters. The van der Waals surface area contributed by atoms with Crippen molar-refractivity contribution in [3.05, 3.63) is 40.2 Å². The maximum atomic E-state index is 10.6. The Morgan fingerprint density at radius 3 is 2.47 bits per heavy atom. The van der Waals surface area contributed by atoms with E-state index in [9.17, 15) is 4.79 Å². The normalized spacial score (nSPS) is 10.2. The molecule has 0 saturated heterocycles. The molecule has 0 bridgehead atoms. The van der Waals surface area contributed by atoms with Gasteiger partial charge < -0.3 is 14.8 Å². The van der Waals surface area contributed by atoms with Gasteiger partial charge in [-0.3, -0.25) is 0 Å². The van der Waals surface area contributed by atoms with Gasteiger partial charge in [0.1, 0.15) is 6.26 Å². The van der Waals surface area contributed by atoms with Crippen LogP contribution in [0, 0.1) is 0 Å². The van der Waals surface area contributed by atoms with E-state index in [-0.39, 0.29) is 11.7 Å². The highest BCUT2D eigenvalue weighted by atomic mass is 35.5. The van der Waals surface area contributed by atoms with Crippen molar-refractivity contribution in [2.45, 2.75) is 0 Å². The number of nitrogens with one attached hydrogen (secondary N) is 1. The fraction of sp³-hybridized carbons (Fsp3) is 0. The molecule has 0 spiro atoms. The number of aromatic nitrogens is 1. The first kappa shape index (κ1) is 11.8. The summed E-state index contributed by atoms with van der Waals surface area (Å²) < 4.78 is 4.92. The molecule has 0 atom stereocenters. The molecular weight excluding hydrogens is 267 g/mol. The number of aromatic carboxylic acids is 1. The maximum absolute atomic E-state index is 10.6. The summed E-state index contributed by atoms with van der Waals surface area (Å²) in [6, 6.07) is 4.85. The van der Waals surface area contributed by atoms with E-state index in [0.717, 1.165) is 6.26 Å². The lowest BCUT2D eigenvalue weighted by atomic mass is 10.3. The predicted molar refractivity (Wildman–Crippen MR) is 63.2 cm³/mol. The predicted octanol–water partition coefficient (Wildman–Crippen LogP) is 3.42. The second-order valence-corrected chi connectivity index (χ2v) is 4.00. The number of hydrogen-bond donors (Lipinski definition) is 2. The zero-order chi connectivity index (χ0) is 12.4. The number of nitrogens with zero attached hydrogens (tertiary/aromatic N) is 1. The van der Waals surface area contributed by atoms with Crippen molar-refractivity contribution in [3.63, 3.8) is 0 Å². The van der Waals surface area contributed by atoms with E-state index < -0.39 is 5.97 Å². The number of carbonyl (C=O) groups is 1. The van der Waals surface area contributed by atoms with Gasteiger partial charge in [0.15, 0.2) is 5.69 Å². The van der Waals surface area contributed by atoms with Crippen molar-refractivity contribution in [3.8, 4) is 0 Å². The molecule has 1 heterocycles. The molecule has 7 heteroatoms. The van der Waals surface area contributed by atoms with Gasteiger partial charge in [0.2, 0.25) is 0 Å². The molecule has 0 aliphatic rings. The molecule has 1 aromatic carbocycles. The Hall–Kier alpha value is -1.72. The molecule has 88 valence electrons. The van der Waals surface area contributed by atoms with Crippen LogP contribution in [-0.2, 0) is 0 Å². The Morgan fingerprint density at radius 1 is 1.29 bits per heavy atom. The van der Waals surface area contributed by atoms with Gasteiger partial charge in [-0.15, -0.1) is 0 Å². The van der Waals surface area contributed by atoms with Crippen molar-refractivity contribution in [1.29, 1.82) is 0 Å². The van der Waals surface area contributed by atoms with E-state index in [2.05, 4.69) is 10.3 Å². The van der Waals surface area contributed by atoms with Crippen LogP contribution >= 0.6 is 23.2 Å². The van der Waals surface area contributed by atoms with Gasteiger partial charge in [0.05, 0.1) is 0 Å². The van der Waals surface area contributed by atoms with Gasteiger partial charge in [0.25, 0.3) is 6.01 Å². The molecule has 2 aromatic rings.